The molecule has 2 saturated carbocycles. The summed E-state index contributed by atoms with van der Waals surface area (Å²) >= 11 is 0. The molecule has 12 heavy (non-hydrogen) atoms. The van der Waals surface area contributed by atoms with Crippen LogP contribution in [0.15, 0.2) is 0 Å². The Morgan fingerprint density at radius 3 is 2.75 bits per heavy atom. The van der Waals surface area contributed by atoms with Gasteiger partial charge in [0.25, 0.3) is 0 Å². The van der Waals surface area contributed by atoms with Crippen LogP contribution in [0.2, 0.25) is 0 Å². The smallest absolute Gasteiger partial charge is 0.0203 e. The Kier molecular flexibility index (Phi) is 1.15. The van der Waals surface area contributed by atoms with E-state index in [2.05, 4.69) is 12.2 Å². The first-order valence-corrected chi connectivity index (χ1v) is 5.14. The summed E-state index contributed by atoms with van der Waals surface area (Å²) in [4.78, 5) is 0. The Bertz CT molecular complexity index is 206. The second kappa shape index (κ2) is 1.88. The number of hydrogen-bond acceptors (Lipinski definition) is 2. The molecule has 3 rings (SSSR count). The van der Waals surface area contributed by atoms with Crippen molar-refractivity contribution >= 4 is 0 Å². The minimum absolute atomic E-state index is 0.211. The summed E-state index contributed by atoms with van der Waals surface area (Å²) in [6, 6.07) is 0. The first-order valence-electron chi connectivity index (χ1n) is 5.14. The van der Waals surface area contributed by atoms with Gasteiger partial charge in [-0.15, -0.1) is 0 Å². The van der Waals surface area contributed by atoms with Crippen LogP contribution >= 0.6 is 0 Å². The molecule has 3 fully saturated rings. The maximum atomic E-state index is 6.43. The summed E-state index contributed by atoms with van der Waals surface area (Å²) in [5.41, 5.74) is 7.23. The fraction of sp³-hybridized carbons (Fsp3) is 1.00. The Morgan fingerprint density at radius 2 is 2.00 bits per heavy atom. The normalized spacial score (nSPS) is 62.5. The second-order valence-electron chi connectivity index (χ2n) is 5.44. The highest BCUT2D eigenvalue weighted by atomic mass is 15.0. The van der Waals surface area contributed by atoms with Gasteiger partial charge in [0.05, 0.1) is 0 Å². The molecule has 3 aliphatic rings. The molecule has 4 atom stereocenters. The molecule has 68 valence electrons. The van der Waals surface area contributed by atoms with Gasteiger partial charge < -0.3 is 11.1 Å². The summed E-state index contributed by atoms with van der Waals surface area (Å²) in [6.07, 6.45) is 3.93. The van der Waals surface area contributed by atoms with Crippen molar-refractivity contribution < 1.29 is 0 Å². The van der Waals surface area contributed by atoms with Gasteiger partial charge in [0.1, 0.15) is 0 Å². The molecule has 2 nitrogen and oxygen atoms in total. The van der Waals surface area contributed by atoms with Crippen LogP contribution < -0.4 is 11.1 Å². The average molecular weight is 166 g/mol. The monoisotopic (exact) mass is 166 g/mol. The quantitative estimate of drug-likeness (QED) is 0.556. The molecule has 1 aliphatic heterocycles. The van der Waals surface area contributed by atoms with Crippen molar-refractivity contribution in [1.82, 2.24) is 5.32 Å². The van der Waals surface area contributed by atoms with E-state index in [1.165, 1.54) is 32.4 Å². The lowest BCUT2D eigenvalue weighted by molar-refractivity contribution is 0.180. The molecule has 3 N–H and O–H groups in total. The van der Waals surface area contributed by atoms with Crippen LogP contribution in [0.5, 0.6) is 0 Å². The summed E-state index contributed by atoms with van der Waals surface area (Å²) in [5.74, 6) is 1.67. The van der Waals surface area contributed by atoms with E-state index in [-0.39, 0.29) is 5.54 Å². The van der Waals surface area contributed by atoms with Crippen molar-refractivity contribution in [2.24, 2.45) is 23.0 Å². The van der Waals surface area contributed by atoms with Crippen LogP contribution in [0.1, 0.15) is 26.2 Å². The van der Waals surface area contributed by atoms with Gasteiger partial charge >= 0.3 is 0 Å². The lowest BCUT2D eigenvalue weighted by atomic mass is 9.72. The third kappa shape index (κ3) is 0.647. The first-order chi connectivity index (χ1) is 5.64. The second-order valence-corrected chi connectivity index (χ2v) is 5.44. The molecule has 0 amide bonds. The summed E-state index contributed by atoms with van der Waals surface area (Å²) < 4.78 is 0. The zero-order valence-corrected chi connectivity index (χ0v) is 7.77. The van der Waals surface area contributed by atoms with E-state index < -0.39 is 0 Å². The van der Waals surface area contributed by atoms with E-state index in [0.29, 0.717) is 5.41 Å². The molecule has 0 aromatic heterocycles. The largest absolute Gasteiger partial charge is 0.325 e. The zero-order valence-electron chi connectivity index (χ0n) is 7.77. The van der Waals surface area contributed by atoms with Gasteiger partial charge in [0, 0.05) is 12.1 Å². The summed E-state index contributed by atoms with van der Waals surface area (Å²) in [5, 5.41) is 3.50. The first kappa shape index (κ1) is 7.34. The fourth-order valence-corrected chi connectivity index (χ4v) is 4.09. The van der Waals surface area contributed by atoms with Crippen molar-refractivity contribution in [1.29, 1.82) is 0 Å². The molecule has 2 bridgehead atoms. The highest BCUT2D eigenvalue weighted by Crippen LogP contribution is 2.62. The number of nitrogens with one attached hydrogen (secondary N) is 1. The van der Waals surface area contributed by atoms with Crippen molar-refractivity contribution in [3.05, 3.63) is 0 Å². The molecule has 0 aromatic carbocycles. The SMILES string of the molecule is CC12CCC(N)(C1)C1CNCC12. The molecule has 2 aliphatic carbocycles. The van der Waals surface area contributed by atoms with Crippen LogP contribution in [0.4, 0.5) is 0 Å². The highest BCUT2D eigenvalue weighted by Gasteiger charge is 2.62. The molecule has 4 unspecified atom stereocenters. The van der Waals surface area contributed by atoms with E-state index in [4.69, 9.17) is 5.73 Å². The molecule has 1 heterocycles. The van der Waals surface area contributed by atoms with Gasteiger partial charge in [-0.2, -0.15) is 0 Å². The van der Waals surface area contributed by atoms with Crippen LogP contribution in [0, 0.1) is 17.3 Å². The predicted molar refractivity (Wildman–Crippen MR) is 48.7 cm³/mol. The van der Waals surface area contributed by atoms with Crippen LogP contribution in [-0.2, 0) is 0 Å². The van der Waals surface area contributed by atoms with E-state index in [0.717, 1.165) is 11.8 Å². The van der Waals surface area contributed by atoms with Crippen molar-refractivity contribution in [2.75, 3.05) is 13.1 Å². The number of rotatable bonds is 0. The maximum absolute atomic E-state index is 6.43. The van der Waals surface area contributed by atoms with Crippen LogP contribution in [0.3, 0.4) is 0 Å². The fourth-order valence-electron chi connectivity index (χ4n) is 4.09. The number of hydrogen-bond donors (Lipinski definition) is 2. The van der Waals surface area contributed by atoms with E-state index >= 15 is 0 Å². The lowest BCUT2D eigenvalue weighted by Gasteiger charge is -2.34. The van der Waals surface area contributed by atoms with Crippen LogP contribution in [-0.4, -0.2) is 18.6 Å². The molecular formula is C10H18N2. The molecule has 1 saturated heterocycles. The molecule has 0 aromatic rings. The number of nitrogens with two attached hydrogens (primary N) is 1. The lowest BCUT2D eigenvalue weighted by Crippen LogP contribution is -2.45. The minimum atomic E-state index is 0.211. The third-order valence-electron chi connectivity index (χ3n) is 4.74. The third-order valence-corrected chi connectivity index (χ3v) is 4.74. The zero-order chi connectivity index (χ0) is 8.40. The van der Waals surface area contributed by atoms with Gasteiger partial charge in [-0.25, -0.2) is 0 Å². The van der Waals surface area contributed by atoms with Crippen molar-refractivity contribution in [2.45, 2.75) is 31.7 Å². The van der Waals surface area contributed by atoms with E-state index in [1.54, 1.807) is 0 Å². The van der Waals surface area contributed by atoms with Gasteiger partial charge in [0.2, 0.25) is 0 Å². The Balaban J connectivity index is 2.03. The Labute approximate surface area is 73.9 Å². The van der Waals surface area contributed by atoms with Gasteiger partial charge in [-0.1, -0.05) is 6.92 Å². The average Bonchev–Trinajstić information content (AvgIpc) is 2.58. The standard InChI is InChI=1S/C10H18N2/c1-9-2-3-10(11,6-9)8-5-12-4-7(8)9/h7-8,12H,2-6,11H2,1H3. The summed E-state index contributed by atoms with van der Waals surface area (Å²) in [7, 11) is 0. The van der Waals surface area contributed by atoms with Crippen LogP contribution in [0.25, 0.3) is 0 Å². The van der Waals surface area contributed by atoms with Gasteiger partial charge in [0.15, 0.2) is 0 Å². The number of fused-ring (bicyclic) bond motifs is 5. The topological polar surface area (TPSA) is 38.0 Å². The molecular weight excluding hydrogens is 148 g/mol. The molecule has 0 spiro atoms. The minimum Gasteiger partial charge on any atom is -0.325 e. The van der Waals surface area contributed by atoms with E-state index in [9.17, 15) is 0 Å². The van der Waals surface area contributed by atoms with Crippen molar-refractivity contribution in [3.8, 4) is 0 Å². The molecule has 2 heteroatoms. The van der Waals surface area contributed by atoms with Gasteiger partial charge in [-0.05, 0) is 43.1 Å². The molecule has 0 radical (unpaired) electrons. The van der Waals surface area contributed by atoms with Crippen molar-refractivity contribution in [3.63, 3.8) is 0 Å². The van der Waals surface area contributed by atoms with E-state index in [1.807, 2.05) is 0 Å². The maximum Gasteiger partial charge on any atom is 0.0203 e. The van der Waals surface area contributed by atoms with Gasteiger partial charge in [-0.3, -0.25) is 0 Å². The predicted octanol–water partition coefficient (Wildman–Crippen LogP) is 0.723. The Morgan fingerprint density at radius 1 is 1.25 bits per heavy atom. The summed E-state index contributed by atoms with van der Waals surface area (Å²) in [6.45, 7) is 4.84. The highest BCUT2D eigenvalue weighted by molar-refractivity contribution is 5.17. The Hall–Kier alpha value is -0.0800.